The number of nitrogens with one attached hydrogen (secondary N) is 2. The van der Waals surface area contributed by atoms with Crippen molar-refractivity contribution in [1.29, 1.82) is 5.41 Å². The predicted molar refractivity (Wildman–Crippen MR) is 94.5 cm³/mol. The smallest absolute Gasteiger partial charge is 0.0340 e. The molecule has 0 aliphatic rings. The van der Waals surface area contributed by atoms with Crippen molar-refractivity contribution in [1.82, 2.24) is 0 Å². The summed E-state index contributed by atoms with van der Waals surface area (Å²) >= 11 is 0. The third kappa shape index (κ3) is 8.54. The summed E-state index contributed by atoms with van der Waals surface area (Å²) in [5.74, 6) is 1.44. The maximum atomic E-state index is 7.49. The highest BCUT2D eigenvalue weighted by molar-refractivity contribution is 5.78. The fraction of sp³-hybridized carbons (Fsp3) is 0.632. The van der Waals surface area contributed by atoms with Crippen LogP contribution in [0, 0.1) is 17.2 Å². The molecule has 1 rings (SSSR count). The normalized spacial score (nSPS) is 12.4. The lowest BCUT2D eigenvalue weighted by Gasteiger charge is -2.12. The Bertz CT molecular complexity index is 406. The first-order chi connectivity index (χ1) is 9.97. The molecule has 1 aromatic rings. The Kier molecular flexibility index (Phi) is 8.11. The number of anilines is 1. The van der Waals surface area contributed by atoms with Gasteiger partial charge in [0.15, 0.2) is 0 Å². The van der Waals surface area contributed by atoms with Crippen LogP contribution in [0.2, 0.25) is 0 Å². The molecule has 118 valence electrons. The zero-order chi connectivity index (χ0) is 15.7. The van der Waals surface area contributed by atoms with Gasteiger partial charge in [0, 0.05) is 17.9 Å². The molecule has 2 nitrogen and oxygen atoms in total. The molecule has 1 aromatic carbocycles. The van der Waals surface area contributed by atoms with E-state index in [9.17, 15) is 0 Å². The Morgan fingerprint density at radius 3 is 2.33 bits per heavy atom. The van der Waals surface area contributed by atoms with Crippen LogP contribution in [0.3, 0.4) is 0 Å². The highest BCUT2D eigenvalue weighted by Gasteiger charge is 2.04. The maximum Gasteiger partial charge on any atom is 0.0340 e. The summed E-state index contributed by atoms with van der Waals surface area (Å²) in [6.07, 6.45) is 5.68. The Morgan fingerprint density at radius 2 is 1.76 bits per heavy atom. The second-order valence-corrected chi connectivity index (χ2v) is 6.79. The standard InChI is InChI=1S/C19H32N2/c1-15(2)6-5-13-21-19-11-9-18(10-12-19)14-16(3)7-8-17(4)20/h9-12,15-16,20-21H,5-8,13-14H2,1-4H3. The number of hydrogen-bond donors (Lipinski definition) is 2. The lowest BCUT2D eigenvalue weighted by atomic mass is 9.95. The van der Waals surface area contributed by atoms with Crippen LogP contribution in [0.1, 0.15) is 58.9 Å². The molecule has 1 atom stereocenters. The molecule has 0 spiro atoms. The summed E-state index contributed by atoms with van der Waals surface area (Å²) in [4.78, 5) is 0. The molecule has 0 bridgehead atoms. The molecule has 0 heterocycles. The first-order valence-corrected chi connectivity index (χ1v) is 8.34. The first-order valence-electron chi connectivity index (χ1n) is 8.34. The summed E-state index contributed by atoms with van der Waals surface area (Å²) in [5, 5.41) is 11.0. The zero-order valence-electron chi connectivity index (χ0n) is 14.2. The number of benzene rings is 1. The van der Waals surface area contributed by atoms with Crippen LogP contribution in [0.15, 0.2) is 24.3 Å². The van der Waals surface area contributed by atoms with E-state index in [0.717, 1.165) is 37.4 Å². The Balaban J connectivity index is 2.31. The Hall–Kier alpha value is -1.31. The Labute approximate surface area is 130 Å². The third-order valence-electron chi connectivity index (χ3n) is 3.84. The quantitative estimate of drug-likeness (QED) is 0.431. The van der Waals surface area contributed by atoms with Gasteiger partial charge in [-0.1, -0.05) is 32.9 Å². The molecule has 21 heavy (non-hydrogen) atoms. The first kappa shape index (κ1) is 17.7. The average Bonchev–Trinajstić information content (AvgIpc) is 2.43. The molecule has 0 aromatic heterocycles. The van der Waals surface area contributed by atoms with Crippen molar-refractivity contribution in [2.24, 2.45) is 11.8 Å². The van der Waals surface area contributed by atoms with Crippen LogP contribution < -0.4 is 5.32 Å². The van der Waals surface area contributed by atoms with E-state index in [-0.39, 0.29) is 0 Å². The van der Waals surface area contributed by atoms with E-state index in [4.69, 9.17) is 5.41 Å². The SMILES string of the molecule is CC(=N)CCC(C)Cc1ccc(NCCCC(C)C)cc1. The van der Waals surface area contributed by atoms with E-state index in [2.05, 4.69) is 50.4 Å². The van der Waals surface area contributed by atoms with E-state index in [1.807, 2.05) is 6.92 Å². The molecule has 2 heteroatoms. The highest BCUT2D eigenvalue weighted by atomic mass is 14.9. The lowest BCUT2D eigenvalue weighted by Crippen LogP contribution is -2.04. The summed E-state index contributed by atoms with van der Waals surface area (Å²) < 4.78 is 0. The van der Waals surface area contributed by atoms with E-state index in [1.54, 1.807) is 0 Å². The monoisotopic (exact) mass is 288 g/mol. The zero-order valence-corrected chi connectivity index (χ0v) is 14.2. The van der Waals surface area contributed by atoms with Gasteiger partial charge in [-0.05, 0) is 68.6 Å². The van der Waals surface area contributed by atoms with Gasteiger partial charge in [0.25, 0.3) is 0 Å². The van der Waals surface area contributed by atoms with Gasteiger partial charge in [-0.2, -0.15) is 0 Å². The summed E-state index contributed by atoms with van der Waals surface area (Å²) in [5.41, 5.74) is 3.42. The van der Waals surface area contributed by atoms with Crippen molar-refractivity contribution in [3.63, 3.8) is 0 Å². The van der Waals surface area contributed by atoms with Crippen LogP contribution in [0.5, 0.6) is 0 Å². The topological polar surface area (TPSA) is 35.9 Å². The van der Waals surface area contributed by atoms with Crippen LogP contribution in [0.4, 0.5) is 5.69 Å². The molecule has 0 fully saturated rings. The molecule has 0 amide bonds. The van der Waals surface area contributed by atoms with Crippen LogP contribution in [-0.2, 0) is 6.42 Å². The molecule has 0 aliphatic heterocycles. The van der Waals surface area contributed by atoms with Gasteiger partial charge < -0.3 is 10.7 Å². The van der Waals surface area contributed by atoms with E-state index < -0.39 is 0 Å². The van der Waals surface area contributed by atoms with Gasteiger partial charge in [-0.15, -0.1) is 0 Å². The molecule has 0 aliphatic carbocycles. The molecular formula is C19H32N2. The maximum absolute atomic E-state index is 7.49. The van der Waals surface area contributed by atoms with Gasteiger partial charge in [-0.25, -0.2) is 0 Å². The van der Waals surface area contributed by atoms with Crippen molar-refractivity contribution in [3.05, 3.63) is 29.8 Å². The molecular weight excluding hydrogens is 256 g/mol. The Morgan fingerprint density at radius 1 is 1.10 bits per heavy atom. The van der Waals surface area contributed by atoms with Crippen molar-refractivity contribution >= 4 is 11.4 Å². The third-order valence-corrected chi connectivity index (χ3v) is 3.84. The van der Waals surface area contributed by atoms with Crippen molar-refractivity contribution in [3.8, 4) is 0 Å². The van der Waals surface area contributed by atoms with Gasteiger partial charge in [0.2, 0.25) is 0 Å². The van der Waals surface area contributed by atoms with Gasteiger partial charge in [0.1, 0.15) is 0 Å². The van der Waals surface area contributed by atoms with Crippen molar-refractivity contribution < 1.29 is 0 Å². The van der Waals surface area contributed by atoms with Gasteiger partial charge in [-0.3, -0.25) is 0 Å². The predicted octanol–water partition coefficient (Wildman–Crippen LogP) is 5.53. The van der Waals surface area contributed by atoms with Crippen LogP contribution in [0.25, 0.3) is 0 Å². The second-order valence-electron chi connectivity index (χ2n) is 6.79. The van der Waals surface area contributed by atoms with Crippen molar-refractivity contribution in [2.45, 2.75) is 59.8 Å². The second kappa shape index (κ2) is 9.59. The van der Waals surface area contributed by atoms with E-state index in [0.29, 0.717) is 5.92 Å². The lowest BCUT2D eigenvalue weighted by molar-refractivity contribution is 0.542. The molecule has 0 saturated heterocycles. The fourth-order valence-corrected chi connectivity index (χ4v) is 2.47. The largest absolute Gasteiger partial charge is 0.385 e. The molecule has 0 radical (unpaired) electrons. The number of rotatable bonds is 10. The minimum absolute atomic E-state index is 0.648. The average molecular weight is 288 g/mol. The minimum Gasteiger partial charge on any atom is -0.385 e. The van der Waals surface area contributed by atoms with Crippen LogP contribution >= 0.6 is 0 Å². The number of hydrogen-bond acceptors (Lipinski definition) is 2. The van der Waals surface area contributed by atoms with Gasteiger partial charge >= 0.3 is 0 Å². The minimum atomic E-state index is 0.648. The highest BCUT2D eigenvalue weighted by Crippen LogP contribution is 2.16. The van der Waals surface area contributed by atoms with Crippen LogP contribution in [-0.4, -0.2) is 12.3 Å². The summed E-state index contributed by atoms with van der Waals surface area (Å²) in [7, 11) is 0. The molecule has 2 N–H and O–H groups in total. The summed E-state index contributed by atoms with van der Waals surface area (Å²) in [6, 6.07) is 8.86. The fourth-order valence-electron chi connectivity index (χ4n) is 2.47. The van der Waals surface area contributed by atoms with Gasteiger partial charge in [0.05, 0.1) is 0 Å². The van der Waals surface area contributed by atoms with E-state index in [1.165, 1.54) is 24.1 Å². The van der Waals surface area contributed by atoms with Crippen molar-refractivity contribution in [2.75, 3.05) is 11.9 Å². The summed E-state index contributed by atoms with van der Waals surface area (Å²) in [6.45, 7) is 9.78. The van der Waals surface area contributed by atoms with E-state index >= 15 is 0 Å². The molecule has 0 saturated carbocycles. The molecule has 1 unspecified atom stereocenters.